The summed E-state index contributed by atoms with van der Waals surface area (Å²) >= 11 is 0. The molecule has 3 aromatic rings. The van der Waals surface area contributed by atoms with E-state index in [4.69, 9.17) is 4.74 Å². The topological polar surface area (TPSA) is 86.1 Å². The van der Waals surface area contributed by atoms with Crippen LogP contribution < -0.4 is 5.32 Å². The summed E-state index contributed by atoms with van der Waals surface area (Å²) in [5.74, 6) is -0.0707. The number of amides is 1. The van der Waals surface area contributed by atoms with Crippen molar-refractivity contribution in [1.82, 2.24) is 20.1 Å². The molecule has 3 fully saturated rings. The summed E-state index contributed by atoms with van der Waals surface area (Å²) in [7, 11) is 0. The molecule has 0 radical (unpaired) electrons. The van der Waals surface area contributed by atoms with E-state index in [0.717, 1.165) is 42.5 Å². The number of allylic oxidation sites excluding steroid dienone is 1. The number of fused-ring (bicyclic) bond motifs is 2. The molecule has 2 aliphatic carbocycles. The number of nitrogens with zero attached hydrogens (tertiary/aromatic N) is 3. The predicted molar refractivity (Wildman–Crippen MR) is 140 cm³/mol. The van der Waals surface area contributed by atoms with E-state index in [9.17, 15) is 14.0 Å². The van der Waals surface area contributed by atoms with Gasteiger partial charge in [0.1, 0.15) is 17.5 Å². The van der Waals surface area contributed by atoms with Crippen molar-refractivity contribution in [3.05, 3.63) is 78.6 Å². The summed E-state index contributed by atoms with van der Waals surface area (Å²) in [6.45, 7) is 1.93. The number of benzene rings is 1. The van der Waals surface area contributed by atoms with E-state index in [2.05, 4.69) is 21.5 Å². The smallest absolute Gasteiger partial charge is 0.342 e. The third-order valence-corrected chi connectivity index (χ3v) is 8.67. The van der Waals surface area contributed by atoms with E-state index in [-0.39, 0.29) is 29.7 Å². The van der Waals surface area contributed by atoms with E-state index in [1.54, 1.807) is 30.7 Å². The molecule has 2 saturated carbocycles. The maximum absolute atomic E-state index is 13.7. The number of aromatic nitrogens is 3. The second-order valence-corrected chi connectivity index (χ2v) is 10.8. The van der Waals surface area contributed by atoms with Gasteiger partial charge in [0, 0.05) is 30.1 Å². The number of nitrogens with one attached hydrogen (secondary N) is 1. The fraction of sp³-hybridized carbons (Fsp3) is 0.400. The van der Waals surface area contributed by atoms with Gasteiger partial charge in [-0.05, 0) is 73.4 Å². The fourth-order valence-corrected chi connectivity index (χ4v) is 7.06. The number of pyridine rings is 1. The molecule has 38 heavy (non-hydrogen) atoms. The van der Waals surface area contributed by atoms with Crippen LogP contribution in [0, 0.1) is 29.5 Å². The minimum absolute atomic E-state index is 0.0399. The van der Waals surface area contributed by atoms with Crippen LogP contribution in [-0.2, 0) is 9.53 Å². The highest BCUT2D eigenvalue weighted by Gasteiger charge is 2.64. The van der Waals surface area contributed by atoms with Crippen LogP contribution in [0.4, 0.5) is 9.18 Å². The SMILES string of the molecule is C[C@H]1OC(=O)[C@]2(NC(=O)n3cccn3)C[C@@H]3CCCC[C@H]3C(/C=C/c3ccc(-c4cccc(F)c4)cn3)[C@H]12. The Kier molecular flexibility index (Phi) is 6.33. The minimum Gasteiger partial charge on any atom is -0.460 e. The molecule has 7 nitrogen and oxygen atoms in total. The second kappa shape index (κ2) is 9.82. The molecule has 8 heteroatoms. The highest BCUT2D eigenvalue weighted by atomic mass is 19.1. The first kappa shape index (κ1) is 24.5. The molecule has 6 atom stereocenters. The van der Waals surface area contributed by atoms with E-state index in [1.807, 2.05) is 31.2 Å². The lowest BCUT2D eigenvalue weighted by Gasteiger charge is -2.50. The Labute approximate surface area is 221 Å². The van der Waals surface area contributed by atoms with Crippen molar-refractivity contribution < 1.29 is 18.7 Å². The molecule has 1 saturated heterocycles. The Bertz CT molecular complexity index is 1360. The number of esters is 1. The molecule has 3 heterocycles. The van der Waals surface area contributed by atoms with Gasteiger partial charge in [-0.1, -0.05) is 43.5 Å². The summed E-state index contributed by atoms with van der Waals surface area (Å²) in [4.78, 5) is 31.1. The predicted octanol–water partition coefficient (Wildman–Crippen LogP) is 5.48. The molecule has 2 aromatic heterocycles. The lowest BCUT2D eigenvalue weighted by molar-refractivity contribution is -0.146. The number of carbonyl (C=O) groups excluding carboxylic acids is 2. The Morgan fingerprint density at radius 1 is 1.18 bits per heavy atom. The van der Waals surface area contributed by atoms with Crippen LogP contribution in [0.25, 0.3) is 17.2 Å². The second-order valence-electron chi connectivity index (χ2n) is 10.8. The van der Waals surface area contributed by atoms with Gasteiger partial charge < -0.3 is 10.1 Å². The third kappa shape index (κ3) is 4.31. The number of ether oxygens (including phenoxy) is 1. The fourth-order valence-electron chi connectivity index (χ4n) is 7.06. The minimum atomic E-state index is -1.09. The molecular weight excluding hydrogens is 483 g/mol. The summed E-state index contributed by atoms with van der Waals surface area (Å²) < 4.78 is 20.7. The molecule has 1 unspecified atom stereocenters. The average Bonchev–Trinajstić information content (AvgIpc) is 3.54. The maximum atomic E-state index is 13.7. The summed E-state index contributed by atoms with van der Waals surface area (Å²) in [6, 6.07) is 11.6. The van der Waals surface area contributed by atoms with Gasteiger partial charge in [-0.3, -0.25) is 4.98 Å². The van der Waals surface area contributed by atoms with Crippen LogP contribution in [0.15, 0.2) is 67.1 Å². The Balaban J connectivity index is 1.32. The van der Waals surface area contributed by atoms with Crippen molar-refractivity contribution in [3.63, 3.8) is 0 Å². The average molecular weight is 515 g/mol. The van der Waals surface area contributed by atoms with Gasteiger partial charge >= 0.3 is 12.0 Å². The standard InChI is InChI=1S/C30H31FN4O3/c1-19-27-26(13-12-24-11-10-22(18-32-24)20-7-4-8-23(31)16-20)25-9-3-2-6-21(25)17-30(27,28(36)38-19)34-29(37)35-15-5-14-33-35/h4-5,7-8,10-16,18-19,21,25-27H,2-3,6,9,17H2,1H3,(H,34,37)/b13-12+/t19-,21+,25-,26?,27+,30+/m1/s1. The zero-order valence-electron chi connectivity index (χ0n) is 21.3. The highest BCUT2D eigenvalue weighted by molar-refractivity contribution is 5.90. The molecular formula is C30H31FN4O3. The number of hydrogen-bond acceptors (Lipinski definition) is 5. The normalized spacial score (nSPS) is 30.5. The molecule has 1 aromatic carbocycles. The molecule has 3 aliphatic rings. The van der Waals surface area contributed by atoms with Gasteiger partial charge in [0.15, 0.2) is 0 Å². The van der Waals surface area contributed by atoms with Crippen molar-refractivity contribution in [2.45, 2.75) is 50.7 Å². The van der Waals surface area contributed by atoms with Crippen molar-refractivity contribution in [1.29, 1.82) is 0 Å². The lowest BCUT2D eigenvalue weighted by atomic mass is 9.54. The number of cyclic esters (lactones) is 1. The van der Waals surface area contributed by atoms with Crippen molar-refractivity contribution in [3.8, 4) is 11.1 Å². The van der Waals surface area contributed by atoms with E-state index in [1.165, 1.54) is 16.8 Å². The van der Waals surface area contributed by atoms with Crippen LogP contribution >= 0.6 is 0 Å². The first-order valence-corrected chi connectivity index (χ1v) is 13.4. The van der Waals surface area contributed by atoms with Gasteiger partial charge in [-0.25, -0.2) is 14.0 Å². The highest BCUT2D eigenvalue weighted by Crippen LogP contribution is 2.55. The third-order valence-electron chi connectivity index (χ3n) is 8.67. The number of hydrogen-bond donors (Lipinski definition) is 1. The molecule has 1 N–H and O–H groups in total. The summed E-state index contributed by atoms with van der Waals surface area (Å²) in [5.41, 5.74) is 1.31. The van der Waals surface area contributed by atoms with Gasteiger partial charge in [0.25, 0.3) is 0 Å². The van der Waals surface area contributed by atoms with Gasteiger partial charge in [-0.2, -0.15) is 9.78 Å². The van der Waals surface area contributed by atoms with Crippen molar-refractivity contribution >= 4 is 18.1 Å². The number of rotatable bonds is 4. The number of carbonyl (C=O) groups is 2. The first-order valence-electron chi connectivity index (χ1n) is 13.4. The van der Waals surface area contributed by atoms with Gasteiger partial charge in [-0.15, -0.1) is 0 Å². The lowest BCUT2D eigenvalue weighted by Crippen LogP contribution is -2.64. The van der Waals surface area contributed by atoms with Crippen molar-refractivity contribution in [2.24, 2.45) is 23.7 Å². The Morgan fingerprint density at radius 2 is 2.05 bits per heavy atom. The van der Waals surface area contributed by atoms with Crippen LogP contribution in [0.2, 0.25) is 0 Å². The molecule has 1 aliphatic heterocycles. The summed E-state index contributed by atoms with van der Waals surface area (Å²) in [6.07, 6.45) is 13.7. The van der Waals surface area contributed by atoms with E-state index < -0.39 is 11.6 Å². The van der Waals surface area contributed by atoms with Crippen LogP contribution in [0.3, 0.4) is 0 Å². The zero-order chi connectivity index (χ0) is 26.3. The number of halogens is 1. The Morgan fingerprint density at radius 3 is 2.82 bits per heavy atom. The molecule has 6 rings (SSSR count). The molecule has 0 bridgehead atoms. The van der Waals surface area contributed by atoms with Crippen LogP contribution in [-0.4, -0.2) is 38.4 Å². The van der Waals surface area contributed by atoms with E-state index >= 15 is 0 Å². The molecule has 1 amide bonds. The Hall–Kier alpha value is -3.81. The quantitative estimate of drug-likeness (QED) is 0.466. The van der Waals surface area contributed by atoms with Crippen LogP contribution in [0.1, 0.15) is 44.7 Å². The zero-order valence-corrected chi connectivity index (χ0v) is 21.3. The van der Waals surface area contributed by atoms with Crippen LogP contribution in [0.5, 0.6) is 0 Å². The van der Waals surface area contributed by atoms with Crippen molar-refractivity contribution in [2.75, 3.05) is 0 Å². The summed E-state index contributed by atoms with van der Waals surface area (Å²) in [5, 5.41) is 7.13. The molecule has 196 valence electrons. The monoisotopic (exact) mass is 514 g/mol. The van der Waals surface area contributed by atoms with E-state index in [0.29, 0.717) is 18.3 Å². The molecule has 0 spiro atoms. The van der Waals surface area contributed by atoms with Gasteiger partial charge in [0.05, 0.1) is 5.69 Å². The maximum Gasteiger partial charge on any atom is 0.342 e. The largest absolute Gasteiger partial charge is 0.460 e. The van der Waals surface area contributed by atoms with Gasteiger partial charge in [0.2, 0.25) is 0 Å². The first-order chi connectivity index (χ1) is 18.4.